The molecule has 1 saturated heterocycles. The van der Waals surface area contributed by atoms with E-state index in [2.05, 4.69) is 0 Å². The first-order valence-corrected chi connectivity index (χ1v) is 6.86. The van der Waals surface area contributed by atoms with Crippen LogP contribution in [-0.4, -0.2) is 28.5 Å². The standard InChI is InChI=1S/C14H23N3O/c1-12(15)13-6-9-16(10-13)11-14(18)17-7-4-2-3-5-8-17/h6,9-10,12H,2-5,7-8,11,15H2,1H3. The van der Waals surface area contributed by atoms with E-state index in [1.54, 1.807) is 0 Å². The lowest BCUT2D eigenvalue weighted by molar-refractivity contribution is -0.131. The van der Waals surface area contributed by atoms with Gasteiger partial charge < -0.3 is 15.2 Å². The quantitative estimate of drug-likeness (QED) is 0.889. The molecule has 0 saturated carbocycles. The molecule has 0 aliphatic carbocycles. The van der Waals surface area contributed by atoms with Gasteiger partial charge in [0.25, 0.3) is 0 Å². The average Bonchev–Trinajstić information content (AvgIpc) is 2.64. The zero-order valence-electron chi connectivity index (χ0n) is 11.1. The number of rotatable bonds is 3. The molecule has 1 aromatic rings. The molecule has 1 aliphatic heterocycles. The summed E-state index contributed by atoms with van der Waals surface area (Å²) < 4.78 is 1.94. The van der Waals surface area contributed by atoms with Crippen LogP contribution in [-0.2, 0) is 11.3 Å². The monoisotopic (exact) mass is 249 g/mol. The molecule has 1 aromatic heterocycles. The maximum absolute atomic E-state index is 12.2. The number of nitrogens with zero attached hydrogens (tertiary/aromatic N) is 2. The summed E-state index contributed by atoms with van der Waals surface area (Å²) in [5, 5.41) is 0. The molecule has 2 rings (SSSR count). The fourth-order valence-corrected chi connectivity index (χ4v) is 2.40. The third-order valence-electron chi connectivity index (χ3n) is 3.58. The second kappa shape index (κ2) is 6.05. The molecule has 0 aromatic carbocycles. The van der Waals surface area contributed by atoms with Crippen molar-refractivity contribution in [1.29, 1.82) is 0 Å². The average molecular weight is 249 g/mol. The molecule has 4 heteroatoms. The minimum atomic E-state index is 0.0274. The molecular formula is C14H23N3O. The SMILES string of the molecule is CC(N)c1ccn(CC(=O)N2CCCCCC2)c1. The summed E-state index contributed by atoms with van der Waals surface area (Å²) in [5.41, 5.74) is 6.89. The Bertz CT molecular complexity index is 389. The highest BCUT2D eigenvalue weighted by atomic mass is 16.2. The Hall–Kier alpha value is -1.29. The Balaban J connectivity index is 1.92. The molecule has 100 valence electrons. The first kappa shape index (κ1) is 13.1. The number of aromatic nitrogens is 1. The van der Waals surface area contributed by atoms with Gasteiger partial charge in [-0.25, -0.2) is 0 Å². The number of hydrogen-bond donors (Lipinski definition) is 1. The van der Waals surface area contributed by atoms with E-state index in [1.165, 1.54) is 12.8 Å². The molecular weight excluding hydrogens is 226 g/mol. The zero-order chi connectivity index (χ0) is 13.0. The van der Waals surface area contributed by atoms with Crippen LogP contribution >= 0.6 is 0 Å². The van der Waals surface area contributed by atoms with Gasteiger partial charge in [0.1, 0.15) is 6.54 Å². The molecule has 2 N–H and O–H groups in total. The Morgan fingerprint density at radius 1 is 1.33 bits per heavy atom. The number of hydrogen-bond acceptors (Lipinski definition) is 2. The van der Waals surface area contributed by atoms with Crippen LogP contribution in [0.4, 0.5) is 0 Å². The minimum Gasteiger partial charge on any atom is -0.345 e. The smallest absolute Gasteiger partial charge is 0.242 e. The number of nitrogens with two attached hydrogens (primary N) is 1. The summed E-state index contributed by atoms with van der Waals surface area (Å²) in [6, 6.07) is 2.01. The second-order valence-electron chi connectivity index (χ2n) is 5.20. The van der Waals surface area contributed by atoms with Crippen LogP contribution in [0.15, 0.2) is 18.5 Å². The summed E-state index contributed by atoms with van der Waals surface area (Å²) in [6.45, 7) is 4.23. The van der Waals surface area contributed by atoms with E-state index < -0.39 is 0 Å². The van der Waals surface area contributed by atoms with Crippen molar-refractivity contribution in [2.24, 2.45) is 5.73 Å². The lowest BCUT2D eigenvalue weighted by atomic mass is 10.2. The van der Waals surface area contributed by atoms with Crippen molar-refractivity contribution in [2.45, 2.75) is 45.2 Å². The lowest BCUT2D eigenvalue weighted by Gasteiger charge is -2.20. The van der Waals surface area contributed by atoms with Crippen LogP contribution in [0.25, 0.3) is 0 Å². The van der Waals surface area contributed by atoms with E-state index >= 15 is 0 Å². The van der Waals surface area contributed by atoms with Gasteiger partial charge in [-0.05, 0) is 31.4 Å². The highest BCUT2D eigenvalue weighted by molar-refractivity contribution is 5.76. The van der Waals surface area contributed by atoms with Crippen molar-refractivity contribution < 1.29 is 4.79 Å². The molecule has 0 bridgehead atoms. The van der Waals surface area contributed by atoms with Gasteiger partial charge in [-0.15, -0.1) is 0 Å². The highest BCUT2D eigenvalue weighted by Gasteiger charge is 2.15. The van der Waals surface area contributed by atoms with Gasteiger partial charge in [0, 0.05) is 31.5 Å². The molecule has 2 heterocycles. The lowest BCUT2D eigenvalue weighted by Crippen LogP contribution is -2.34. The van der Waals surface area contributed by atoms with Gasteiger partial charge in [-0.1, -0.05) is 12.8 Å². The van der Waals surface area contributed by atoms with Crippen molar-refractivity contribution >= 4 is 5.91 Å². The maximum Gasteiger partial charge on any atom is 0.242 e. The molecule has 1 amide bonds. The Kier molecular flexibility index (Phi) is 4.42. The van der Waals surface area contributed by atoms with Gasteiger partial charge >= 0.3 is 0 Å². The summed E-state index contributed by atoms with van der Waals surface area (Å²) in [7, 11) is 0. The molecule has 1 unspecified atom stereocenters. The Labute approximate surface area is 109 Å². The van der Waals surface area contributed by atoms with Crippen LogP contribution < -0.4 is 5.73 Å². The number of carbonyl (C=O) groups excluding carboxylic acids is 1. The minimum absolute atomic E-state index is 0.0274. The summed E-state index contributed by atoms with van der Waals surface area (Å²) in [4.78, 5) is 14.2. The number of likely N-dealkylation sites (tertiary alicyclic amines) is 1. The van der Waals surface area contributed by atoms with Gasteiger partial charge in [-0.3, -0.25) is 4.79 Å². The topological polar surface area (TPSA) is 51.3 Å². The van der Waals surface area contributed by atoms with E-state index in [0.717, 1.165) is 31.5 Å². The van der Waals surface area contributed by atoms with Crippen molar-refractivity contribution in [1.82, 2.24) is 9.47 Å². The third-order valence-corrected chi connectivity index (χ3v) is 3.58. The van der Waals surface area contributed by atoms with Gasteiger partial charge in [-0.2, -0.15) is 0 Å². The molecule has 4 nitrogen and oxygen atoms in total. The van der Waals surface area contributed by atoms with Crippen molar-refractivity contribution in [3.05, 3.63) is 24.0 Å². The molecule has 1 atom stereocenters. The van der Waals surface area contributed by atoms with Gasteiger partial charge in [0.2, 0.25) is 5.91 Å². The largest absolute Gasteiger partial charge is 0.345 e. The number of carbonyl (C=O) groups is 1. The normalized spacial score (nSPS) is 18.4. The molecule has 0 spiro atoms. The number of amides is 1. The first-order chi connectivity index (χ1) is 8.66. The van der Waals surface area contributed by atoms with Crippen molar-refractivity contribution in [2.75, 3.05) is 13.1 Å². The molecule has 18 heavy (non-hydrogen) atoms. The Morgan fingerprint density at radius 2 is 2.00 bits per heavy atom. The molecule has 0 radical (unpaired) electrons. The molecule has 1 aliphatic rings. The van der Waals surface area contributed by atoms with Gasteiger partial charge in [0.05, 0.1) is 0 Å². The van der Waals surface area contributed by atoms with E-state index in [9.17, 15) is 4.79 Å². The van der Waals surface area contributed by atoms with Crippen molar-refractivity contribution in [3.8, 4) is 0 Å². The van der Waals surface area contributed by atoms with Crippen LogP contribution in [0.3, 0.4) is 0 Å². The van der Waals surface area contributed by atoms with Crippen LogP contribution in [0, 0.1) is 0 Å². The Morgan fingerprint density at radius 3 is 2.56 bits per heavy atom. The van der Waals surface area contributed by atoms with Gasteiger partial charge in [0.15, 0.2) is 0 Å². The van der Waals surface area contributed by atoms with Crippen molar-refractivity contribution in [3.63, 3.8) is 0 Å². The van der Waals surface area contributed by atoms with E-state index in [1.807, 2.05) is 34.9 Å². The predicted octanol–water partition coefficient (Wildman–Crippen LogP) is 1.91. The second-order valence-corrected chi connectivity index (χ2v) is 5.20. The maximum atomic E-state index is 12.2. The fraction of sp³-hybridized carbons (Fsp3) is 0.643. The summed E-state index contributed by atoms with van der Waals surface area (Å²) in [5.74, 6) is 0.226. The molecule has 1 fully saturated rings. The third kappa shape index (κ3) is 3.35. The van der Waals surface area contributed by atoms with E-state index in [-0.39, 0.29) is 11.9 Å². The zero-order valence-corrected chi connectivity index (χ0v) is 11.1. The van der Waals surface area contributed by atoms with Crippen LogP contribution in [0.5, 0.6) is 0 Å². The van der Waals surface area contributed by atoms with E-state index in [4.69, 9.17) is 5.73 Å². The predicted molar refractivity (Wildman–Crippen MR) is 72.1 cm³/mol. The van der Waals surface area contributed by atoms with Crippen LogP contribution in [0.2, 0.25) is 0 Å². The van der Waals surface area contributed by atoms with E-state index in [0.29, 0.717) is 6.54 Å². The highest BCUT2D eigenvalue weighted by Crippen LogP contribution is 2.12. The van der Waals surface area contributed by atoms with Crippen LogP contribution in [0.1, 0.15) is 44.2 Å². The summed E-state index contributed by atoms with van der Waals surface area (Å²) >= 11 is 0. The summed E-state index contributed by atoms with van der Waals surface area (Å²) in [6.07, 6.45) is 8.70. The first-order valence-electron chi connectivity index (χ1n) is 6.86. The fourth-order valence-electron chi connectivity index (χ4n) is 2.40.